The Bertz CT molecular complexity index is 932. The normalized spacial score (nSPS) is 23.3. The first-order chi connectivity index (χ1) is 14.0. The first-order valence-electron chi connectivity index (χ1n) is 10.2. The van der Waals surface area contributed by atoms with Gasteiger partial charge in [-0.15, -0.1) is 0 Å². The molecule has 4 rings (SSSR count). The van der Waals surface area contributed by atoms with Crippen LogP contribution < -0.4 is 0 Å². The number of rotatable bonds is 4. The summed E-state index contributed by atoms with van der Waals surface area (Å²) in [6, 6.07) is 10.2. The smallest absolute Gasteiger partial charge is 0.228 e. The Hall–Kier alpha value is -2.76. The van der Waals surface area contributed by atoms with Crippen LogP contribution in [0.5, 0.6) is 0 Å². The van der Waals surface area contributed by atoms with Crippen LogP contribution in [0.25, 0.3) is 0 Å². The van der Waals surface area contributed by atoms with Gasteiger partial charge in [0.1, 0.15) is 5.82 Å². The molecule has 2 saturated heterocycles. The van der Waals surface area contributed by atoms with E-state index in [2.05, 4.69) is 4.98 Å². The highest BCUT2D eigenvalue weighted by molar-refractivity contribution is 5.79. The van der Waals surface area contributed by atoms with Crippen molar-refractivity contribution >= 4 is 11.8 Å². The lowest BCUT2D eigenvalue weighted by atomic mass is 9.89. The SMILES string of the molecule is CCC(=O)N1C[C@@H]2CN(C(=O)Cc3cc(C)ccn3)C[C@@H]2[C@H]1c1cccc(F)c1. The van der Waals surface area contributed by atoms with E-state index in [1.807, 2.05) is 41.8 Å². The number of aryl methyl sites for hydroxylation is 1. The van der Waals surface area contributed by atoms with Crippen molar-refractivity contribution in [2.75, 3.05) is 19.6 Å². The third-order valence-corrected chi connectivity index (χ3v) is 6.13. The van der Waals surface area contributed by atoms with Crippen molar-refractivity contribution in [2.24, 2.45) is 11.8 Å². The molecule has 0 unspecified atom stereocenters. The predicted octanol–water partition coefficient (Wildman–Crippen LogP) is 3.14. The summed E-state index contributed by atoms with van der Waals surface area (Å²) in [4.78, 5) is 33.5. The molecule has 0 saturated carbocycles. The number of hydrogen-bond acceptors (Lipinski definition) is 3. The van der Waals surface area contributed by atoms with Gasteiger partial charge < -0.3 is 9.80 Å². The van der Waals surface area contributed by atoms with Gasteiger partial charge in [-0.05, 0) is 42.3 Å². The topological polar surface area (TPSA) is 53.5 Å². The van der Waals surface area contributed by atoms with Gasteiger partial charge in [-0.3, -0.25) is 14.6 Å². The fraction of sp³-hybridized carbons (Fsp3) is 0.435. The molecule has 5 nitrogen and oxygen atoms in total. The van der Waals surface area contributed by atoms with Crippen LogP contribution in [-0.2, 0) is 16.0 Å². The Kier molecular flexibility index (Phi) is 5.35. The number of nitrogens with zero attached hydrogens (tertiary/aromatic N) is 3. The molecule has 3 heterocycles. The fourth-order valence-corrected chi connectivity index (χ4v) is 4.79. The molecule has 2 amide bonds. The highest BCUT2D eigenvalue weighted by Gasteiger charge is 2.49. The van der Waals surface area contributed by atoms with Gasteiger partial charge in [-0.2, -0.15) is 0 Å². The lowest BCUT2D eigenvalue weighted by Gasteiger charge is -2.30. The third kappa shape index (κ3) is 3.88. The molecule has 3 atom stereocenters. The number of benzene rings is 1. The number of fused-ring (bicyclic) bond motifs is 1. The maximum Gasteiger partial charge on any atom is 0.228 e. The molecule has 0 aliphatic carbocycles. The molecule has 6 heteroatoms. The van der Waals surface area contributed by atoms with Crippen molar-refractivity contribution in [2.45, 2.75) is 32.7 Å². The van der Waals surface area contributed by atoms with Crippen LogP contribution in [0.3, 0.4) is 0 Å². The van der Waals surface area contributed by atoms with Crippen LogP contribution in [0, 0.1) is 24.6 Å². The average molecular weight is 395 g/mol. The highest BCUT2D eigenvalue weighted by atomic mass is 19.1. The molecule has 2 aliphatic heterocycles. The maximum atomic E-state index is 13.9. The molecule has 1 aromatic carbocycles. The molecule has 152 valence electrons. The van der Waals surface area contributed by atoms with Crippen molar-refractivity contribution < 1.29 is 14.0 Å². The monoisotopic (exact) mass is 395 g/mol. The van der Waals surface area contributed by atoms with Crippen molar-refractivity contribution in [1.29, 1.82) is 0 Å². The van der Waals surface area contributed by atoms with Crippen LogP contribution in [0.1, 0.15) is 36.2 Å². The molecular weight excluding hydrogens is 369 g/mol. The number of hydrogen-bond donors (Lipinski definition) is 0. The summed E-state index contributed by atoms with van der Waals surface area (Å²) in [5, 5.41) is 0. The van der Waals surface area contributed by atoms with Crippen LogP contribution in [0.4, 0.5) is 4.39 Å². The number of halogens is 1. The standard InChI is InChI=1S/C23H26FN3O2/c1-3-21(28)27-13-17-12-26(22(29)11-19-9-15(2)7-8-25-19)14-20(17)23(27)16-5-4-6-18(24)10-16/h4-10,17,20,23H,3,11-14H2,1-2H3/t17-,20-,23+/m0/s1. The van der Waals surface area contributed by atoms with Crippen molar-refractivity contribution in [1.82, 2.24) is 14.8 Å². The third-order valence-electron chi connectivity index (χ3n) is 6.13. The van der Waals surface area contributed by atoms with Crippen molar-refractivity contribution in [3.8, 4) is 0 Å². The summed E-state index contributed by atoms with van der Waals surface area (Å²) >= 11 is 0. The highest BCUT2D eigenvalue weighted by Crippen LogP contribution is 2.45. The van der Waals surface area contributed by atoms with E-state index < -0.39 is 0 Å². The van der Waals surface area contributed by atoms with Gasteiger partial charge >= 0.3 is 0 Å². The van der Waals surface area contributed by atoms with Gasteiger partial charge in [0.05, 0.1) is 12.5 Å². The first kappa shape index (κ1) is 19.6. The second-order valence-corrected chi connectivity index (χ2v) is 8.12. The lowest BCUT2D eigenvalue weighted by molar-refractivity contribution is -0.133. The van der Waals surface area contributed by atoms with E-state index >= 15 is 0 Å². The molecule has 0 radical (unpaired) electrons. The second kappa shape index (κ2) is 7.93. The summed E-state index contributed by atoms with van der Waals surface area (Å²) in [5.74, 6) is 0.181. The summed E-state index contributed by atoms with van der Waals surface area (Å²) in [6.07, 6.45) is 2.43. The zero-order valence-corrected chi connectivity index (χ0v) is 16.8. The Morgan fingerprint density at radius 3 is 2.69 bits per heavy atom. The number of carbonyl (C=O) groups excluding carboxylic acids is 2. The Labute approximate surface area is 170 Å². The minimum atomic E-state index is -0.300. The molecule has 1 aromatic heterocycles. The second-order valence-electron chi connectivity index (χ2n) is 8.12. The average Bonchev–Trinajstić information content (AvgIpc) is 3.25. The summed E-state index contributed by atoms with van der Waals surface area (Å²) < 4.78 is 13.9. The quantitative estimate of drug-likeness (QED) is 0.799. The molecule has 0 bridgehead atoms. The number of likely N-dealkylation sites (tertiary alicyclic amines) is 2. The maximum absolute atomic E-state index is 13.9. The molecule has 0 N–H and O–H groups in total. The Morgan fingerprint density at radius 1 is 1.14 bits per heavy atom. The Balaban J connectivity index is 1.53. The van der Waals surface area contributed by atoms with E-state index in [9.17, 15) is 14.0 Å². The van der Waals surface area contributed by atoms with Crippen molar-refractivity contribution in [3.63, 3.8) is 0 Å². The lowest BCUT2D eigenvalue weighted by Crippen LogP contribution is -2.37. The zero-order chi connectivity index (χ0) is 20.5. The van der Waals surface area contributed by atoms with E-state index in [4.69, 9.17) is 0 Å². The molecule has 2 aromatic rings. The van der Waals surface area contributed by atoms with Gasteiger partial charge in [0, 0.05) is 49.8 Å². The fourth-order valence-electron chi connectivity index (χ4n) is 4.79. The van der Waals surface area contributed by atoms with E-state index in [0.29, 0.717) is 26.1 Å². The molecule has 0 spiro atoms. The molecule has 2 aliphatic rings. The van der Waals surface area contributed by atoms with Crippen LogP contribution in [-0.4, -0.2) is 46.2 Å². The van der Waals surface area contributed by atoms with Gasteiger partial charge in [0.2, 0.25) is 11.8 Å². The number of aromatic nitrogens is 1. The summed E-state index contributed by atoms with van der Waals surface area (Å²) in [6.45, 7) is 5.67. The van der Waals surface area contributed by atoms with Gasteiger partial charge in [-0.1, -0.05) is 19.1 Å². The number of carbonyl (C=O) groups is 2. The van der Waals surface area contributed by atoms with Gasteiger partial charge in [-0.25, -0.2) is 4.39 Å². The van der Waals surface area contributed by atoms with E-state index in [0.717, 1.165) is 16.8 Å². The molecule has 2 fully saturated rings. The zero-order valence-electron chi connectivity index (χ0n) is 16.8. The van der Waals surface area contributed by atoms with E-state index in [1.54, 1.807) is 12.3 Å². The minimum Gasteiger partial charge on any atom is -0.342 e. The van der Waals surface area contributed by atoms with Crippen LogP contribution >= 0.6 is 0 Å². The van der Waals surface area contributed by atoms with Crippen LogP contribution in [0.15, 0.2) is 42.6 Å². The minimum absolute atomic E-state index is 0.0591. The van der Waals surface area contributed by atoms with Gasteiger partial charge in [0.25, 0.3) is 0 Å². The van der Waals surface area contributed by atoms with Crippen molar-refractivity contribution in [3.05, 3.63) is 65.2 Å². The first-order valence-corrected chi connectivity index (χ1v) is 10.2. The summed E-state index contributed by atoms with van der Waals surface area (Å²) in [7, 11) is 0. The van der Waals surface area contributed by atoms with Crippen LogP contribution in [0.2, 0.25) is 0 Å². The Morgan fingerprint density at radius 2 is 1.97 bits per heavy atom. The van der Waals surface area contributed by atoms with Gasteiger partial charge in [0.15, 0.2) is 0 Å². The van der Waals surface area contributed by atoms with E-state index in [1.165, 1.54) is 12.1 Å². The van der Waals surface area contributed by atoms with E-state index in [-0.39, 0.29) is 41.9 Å². The largest absolute Gasteiger partial charge is 0.342 e. The predicted molar refractivity (Wildman–Crippen MR) is 107 cm³/mol. The number of pyridine rings is 1. The summed E-state index contributed by atoms with van der Waals surface area (Å²) in [5.41, 5.74) is 2.67. The molecule has 29 heavy (non-hydrogen) atoms. The number of amides is 2. The molecular formula is C23H26FN3O2.